The Morgan fingerprint density at radius 3 is 2.47 bits per heavy atom. The molecule has 0 heterocycles. The Morgan fingerprint density at radius 1 is 1.41 bits per heavy atom. The van der Waals surface area contributed by atoms with Gasteiger partial charge in [-0.05, 0) is 20.3 Å². The maximum Gasteiger partial charge on any atom is 0.303 e. The van der Waals surface area contributed by atoms with Gasteiger partial charge in [-0.15, -0.1) is 0 Å². The van der Waals surface area contributed by atoms with Crippen LogP contribution in [-0.2, 0) is 19.7 Å². The van der Waals surface area contributed by atoms with Crippen molar-refractivity contribution in [1.82, 2.24) is 9.44 Å². The molecule has 0 spiro atoms. The third-order valence-corrected chi connectivity index (χ3v) is 3.38. The Hall–Kier alpha value is -0.700. The molecule has 0 atom stereocenters. The van der Waals surface area contributed by atoms with Crippen LogP contribution >= 0.6 is 0 Å². The Labute approximate surface area is 102 Å². The highest BCUT2D eigenvalue weighted by molar-refractivity contribution is 7.87. The van der Waals surface area contributed by atoms with E-state index in [2.05, 4.69) is 9.44 Å². The standard InChI is InChI=1S/C9H20N2O5S/c1-9(2,5-4-8(12)13)11-17(14,15)10-6-7-16-3/h10-11H,4-7H2,1-3H3,(H,12,13). The van der Waals surface area contributed by atoms with Gasteiger partial charge < -0.3 is 9.84 Å². The Kier molecular flexibility index (Phi) is 6.61. The summed E-state index contributed by atoms with van der Waals surface area (Å²) in [5.41, 5.74) is -0.808. The number of carboxylic acid groups (broad SMARTS) is 1. The highest BCUT2D eigenvalue weighted by Gasteiger charge is 2.25. The Balaban J connectivity index is 4.23. The molecule has 0 aromatic rings. The molecule has 0 radical (unpaired) electrons. The van der Waals surface area contributed by atoms with Crippen molar-refractivity contribution in [2.75, 3.05) is 20.3 Å². The van der Waals surface area contributed by atoms with Crippen molar-refractivity contribution in [2.45, 2.75) is 32.2 Å². The summed E-state index contributed by atoms with van der Waals surface area (Å²) in [4.78, 5) is 10.4. The van der Waals surface area contributed by atoms with Crippen LogP contribution in [0.25, 0.3) is 0 Å². The lowest BCUT2D eigenvalue weighted by atomic mass is 10.0. The fraction of sp³-hybridized carbons (Fsp3) is 0.889. The minimum atomic E-state index is -3.63. The summed E-state index contributed by atoms with van der Waals surface area (Å²) in [7, 11) is -2.16. The van der Waals surface area contributed by atoms with Crippen molar-refractivity contribution in [3.8, 4) is 0 Å². The Bertz CT molecular complexity index is 339. The molecule has 0 aliphatic heterocycles. The first-order chi connectivity index (χ1) is 7.68. The maximum atomic E-state index is 11.5. The van der Waals surface area contributed by atoms with E-state index in [0.717, 1.165) is 0 Å². The molecule has 8 heteroatoms. The molecule has 0 amide bonds. The number of hydrogen-bond acceptors (Lipinski definition) is 4. The molecule has 0 bridgehead atoms. The molecular formula is C9H20N2O5S. The zero-order valence-electron chi connectivity index (χ0n) is 10.3. The van der Waals surface area contributed by atoms with E-state index in [9.17, 15) is 13.2 Å². The molecule has 0 saturated heterocycles. The number of rotatable bonds is 9. The number of aliphatic carboxylic acids is 1. The van der Waals surface area contributed by atoms with Crippen molar-refractivity contribution >= 4 is 16.2 Å². The Morgan fingerprint density at radius 2 is 2.00 bits per heavy atom. The monoisotopic (exact) mass is 268 g/mol. The lowest BCUT2D eigenvalue weighted by Gasteiger charge is -2.25. The van der Waals surface area contributed by atoms with Gasteiger partial charge in [0.1, 0.15) is 0 Å². The van der Waals surface area contributed by atoms with Gasteiger partial charge in [0.25, 0.3) is 10.2 Å². The first-order valence-electron chi connectivity index (χ1n) is 5.18. The number of ether oxygens (including phenoxy) is 1. The van der Waals surface area contributed by atoms with Crippen molar-refractivity contribution in [1.29, 1.82) is 0 Å². The summed E-state index contributed by atoms with van der Waals surface area (Å²) in [5, 5.41) is 8.54. The zero-order valence-corrected chi connectivity index (χ0v) is 11.1. The molecule has 102 valence electrons. The van der Waals surface area contributed by atoms with Gasteiger partial charge in [0.05, 0.1) is 6.61 Å². The maximum absolute atomic E-state index is 11.5. The molecule has 0 aliphatic carbocycles. The topological polar surface area (TPSA) is 105 Å². The van der Waals surface area contributed by atoms with Gasteiger partial charge in [0.2, 0.25) is 0 Å². The van der Waals surface area contributed by atoms with Crippen LogP contribution in [0.5, 0.6) is 0 Å². The lowest BCUT2D eigenvalue weighted by Crippen LogP contribution is -2.49. The summed E-state index contributed by atoms with van der Waals surface area (Å²) in [6.07, 6.45) is 0.126. The first kappa shape index (κ1) is 16.3. The second-order valence-electron chi connectivity index (χ2n) is 4.27. The van der Waals surface area contributed by atoms with E-state index in [1.165, 1.54) is 7.11 Å². The van der Waals surface area contributed by atoms with Gasteiger partial charge in [-0.1, -0.05) is 0 Å². The van der Waals surface area contributed by atoms with E-state index in [1.807, 2.05) is 0 Å². The number of carboxylic acids is 1. The van der Waals surface area contributed by atoms with Gasteiger partial charge in [-0.25, -0.2) is 0 Å². The first-order valence-corrected chi connectivity index (χ1v) is 6.66. The second kappa shape index (κ2) is 6.90. The zero-order chi connectivity index (χ0) is 13.5. The third kappa shape index (κ3) is 9.04. The average molecular weight is 268 g/mol. The quantitative estimate of drug-likeness (QED) is 0.498. The predicted molar refractivity (Wildman–Crippen MR) is 62.9 cm³/mol. The molecule has 0 aromatic heterocycles. The van der Waals surface area contributed by atoms with Gasteiger partial charge in [-0.2, -0.15) is 17.9 Å². The van der Waals surface area contributed by atoms with E-state index in [0.29, 0.717) is 0 Å². The van der Waals surface area contributed by atoms with E-state index in [-0.39, 0.29) is 26.0 Å². The van der Waals surface area contributed by atoms with Crippen LogP contribution in [0.15, 0.2) is 0 Å². The van der Waals surface area contributed by atoms with Crippen LogP contribution in [-0.4, -0.2) is 45.3 Å². The molecule has 0 rings (SSSR count). The van der Waals surface area contributed by atoms with Crippen LogP contribution < -0.4 is 9.44 Å². The molecular weight excluding hydrogens is 248 g/mol. The molecule has 17 heavy (non-hydrogen) atoms. The minimum absolute atomic E-state index is 0.0897. The van der Waals surface area contributed by atoms with Gasteiger partial charge >= 0.3 is 5.97 Å². The fourth-order valence-electron chi connectivity index (χ4n) is 1.15. The highest BCUT2D eigenvalue weighted by atomic mass is 32.2. The second-order valence-corrected chi connectivity index (χ2v) is 5.77. The van der Waals surface area contributed by atoms with Crippen molar-refractivity contribution in [3.63, 3.8) is 0 Å². The third-order valence-electron chi connectivity index (χ3n) is 1.97. The van der Waals surface area contributed by atoms with Gasteiger partial charge in [-0.3, -0.25) is 4.79 Å². The normalized spacial score (nSPS) is 12.6. The predicted octanol–water partition coefficient (Wildman–Crippen LogP) is -0.300. The largest absolute Gasteiger partial charge is 0.481 e. The lowest BCUT2D eigenvalue weighted by molar-refractivity contribution is -0.137. The van der Waals surface area contributed by atoms with Gasteiger partial charge in [0, 0.05) is 25.6 Å². The number of hydrogen-bond donors (Lipinski definition) is 3. The van der Waals surface area contributed by atoms with E-state index in [4.69, 9.17) is 9.84 Å². The molecule has 7 nitrogen and oxygen atoms in total. The van der Waals surface area contributed by atoms with Crippen LogP contribution in [0.2, 0.25) is 0 Å². The summed E-state index contributed by atoms with van der Waals surface area (Å²) >= 11 is 0. The molecule has 0 saturated carbocycles. The van der Waals surface area contributed by atoms with Crippen molar-refractivity contribution < 1.29 is 23.1 Å². The molecule has 3 N–H and O–H groups in total. The van der Waals surface area contributed by atoms with Crippen molar-refractivity contribution in [3.05, 3.63) is 0 Å². The molecule has 0 aliphatic rings. The van der Waals surface area contributed by atoms with Crippen LogP contribution in [0, 0.1) is 0 Å². The molecule has 0 aromatic carbocycles. The van der Waals surface area contributed by atoms with Crippen LogP contribution in [0.4, 0.5) is 0 Å². The van der Waals surface area contributed by atoms with Crippen LogP contribution in [0.1, 0.15) is 26.7 Å². The minimum Gasteiger partial charge on any atom is -0.481 e. The number of nitrogens with one attached hydrogen (secondary N) is 2. The molecule has 0 unspecified atom stereocenters. The fourth-order valence-corrected chi connectivity index (χ4v) is 2.40. The van der Waals surface area contributed by atoms with E-state index < -0.39 is 21.7 Å². The summed E-state index contributed by atoms with van der Waals surface area (Å²) < 4.78 is 32.5. The summed E-state index contributed by atoms with van der Waals surface area (Å²) in [6, 6.07) is 0. The van der Waals surface area contributed by atoms with E-state index >= 15 is 0 Å². The number of carbonyl (C=O) groups is 1. The molecule has 0 fully saturated rings. The van der Waals surface area contributed by atoms with Crippen molar-refractivity contribution in [2.24, 2.45) is 0 Å². The number of methoxy groups -OCH3 is 1. The smallest absolute Gasteiger partial charge is 0.303 e. The van der Waals surface area contributed by atoms with E-state index in [1.54, 1.807) is 13.8 Å². The average Bonchev–Trinajstić information content (AvgIpc) is 2.13. The summed E-state index contributed by atoms with van der Waals surface area (Å²) in [6.45, 7) is 3.70. The van der Waals surface area contributed by atoms with Crippen LogP contribution in [0.3, 0.4) is 0 Å². The van der Waals surface area contributed by atoms with Gasteiger partial charge in [0.15, 0.2) is 0 Å². The highest BCUT2D eigenvalue weighted by Crippen LogP contribution is 2.12. The SMILES string of the molecule is COCCNS(=O)(=O)NC(C)(C)CCC(=O)O. The summed E-state index contributed by atoms with van der Waals surface area (Å²) in [5.74, 6) is -0.954.